The van der Waals surface area contributed by atoms with E-state index in [1.54, 1.807) is 24.3 Å². The lowest BCUT2D eigenvalue weighted by Gasteiger charge is -2.53. The number of nitrogens with one attached hydrogen (secondary N) is 1. The molecule has 0 aliphatic carbocycles. The second kappa shape index (κ2) is 6.00. The highest BCUT2D eigenvalue weighted by Crippen LogP contribution is 2.51. The van der Waals surface area contributed by atoms with Gasteiger partial charge >= 0.3 is 0 Å². The van der Waals surface area contributed by atoms with Gasteiger partial charge in [0.05, 0.1) is 6.61 Å². The molecule has 1 aliphatic rings. The Kier molecular flexibility index (Phi) is 4.50. The standard InChI is InChI=1S/C15H15BrClNO7/c16-13(6-19)15(17,24)14(23,11(21)12(22)25-13)10(20)8-5-18-9-4-2-1-3-7(8)9/h1-5,11-12,18-19,21-24H,6H2/t11-,12-,13+,14+,15-/m0/s1. The summed E-state index contributed by atoms with van der Waals surface area (Å²) < 4.78 is 2.56. The number of alkyl halides is 2. The van der Waals surface area contributed by atoms with E-state index >= 15 is 0 Å². The zero-order chi connectivity index (χ0) is 18.6. The minimum absolute atomic E-state index is 0.0712. The van der Waals surface area contributed by atoms with Crippen molar-refractivity contribution in [2.75, 3.05) is 6.61 Å². The van der Waals surface area contributed by atoms with Gasteiger partial charge in [0.15, 0.2) is 10.8 Å². The minimum Gasteiger partial charge on any atom is -0.392 e. The summed E-state index contributed by atoms with van der Waals surface area (Å²) in [5.74, 6) is -1.16. The molecule has 1 aliphatic heterocycles. The number of rotatable bonds is 3. The summed E-state index contributed by atoms with van der Waals surface area (Å²) in [7, 11) is 0. The Balaban J connectivity index is 2.19. The first-order chi connectivity index (χ1) is 11.6. The molecule has 1 aromatic heterocycles. The molecule has 3 rings (SSSR count). The molecule has 6 N–H and O–H groups in total. The average Bonchev–Trinajstić information content (AvgIpc) is 3.02. The third-order valence-corrected chi connectivity index (χ3v) is 6.22. The Morgan fingerprint density at radius 3 is 2.60 bits per heavy atom. The zero-order valence-corrected chi connectivity index (χ0v) is 14.9. The molecule has 1 saturated heterocycles. The van der Waals surface area contributed by atoms with Gasteiger partial charge in [-0.3, -0.25) is 4.79 Å². The molecule has 1 fully saturated rings. The SMILES string of the molecule is O=C(c1c[nH]c2ccccc12)[C@@]1(O)[C@@H](O)[C@@H](O)O[C@](Br)(CO)[C@@]1(O)Cl. The van der Waals surface area contributed by atoms with E-state index in [9.17, 15) is 30.3 Å². The van der Waals surface area contributed by atoms with E-state index in [-0.39, 0.29) is 5.56 Å². The molecule has 10 heteroatoms. The Morgan fingerprint density at radius 1 is 1.32 bits per heavy atom. The molecule has 0 bridgehead atoms. The van der Waals surface area contributed by atoms with Gasteiger partial charge in [0.25, 0.3) is 0 Å². The second-order valence-corrected chi connectivity index (χ2v) is 7.63. The molecule has 2 heterocycles. The number of ether oxygens (including phenoxy) is 1. The van der Waals surface area contributed by atoms with Gasteiger partial charge in [-0.05, 0) is 22.0 Å². The van der Waals surface area contributed by atoms with Crippen molar-refractivity contribution in [3.8, 4) is 0 Å². The summed E-state index contributed by atoms with van der Waals surface area (Å²) in [6.07, 6.45) is -3.11. The van der Waals surface area contributed by atoms with Crippen molar-refractivity contribution in [2.24, 2.45) is 0 Å². The fourth-order valence-electron chi connectivity index (χ4n) is 2.91. The smallest absolute Gasteiger partial charge is 0.219 e. The van der Waals surface area contributed by atoms with Crippen LogP contribution in [-0.2, 0) is 4.74 Å². The molecular formula is C15H15BrClNO7. The quantitative estimate of drug-likeness (QED) is 0.289. The monoisotopic (exact) mass is 435 g/mol. The number of hydrogen-bond acceptors (Lipinski definition) is 7. The number of benzene rings is 1. The number of carbonyl (C=O) groups excluding carboxylic acids is 1. The van der Waals surface area contributed by atoms with Crippen LogP contribution in [0.5, 0.6) is 0 Å². The van der Waals surface area contributed by atoms with Crippen LogP contribution in [0.25, 0.3) is 10.9 Å². The Labute approximate surface area is 154 Å². The number of aliphatic hydroxyl groups excluding tert-OH is 3. The van der Waals surface area contributed by atoms with Crippen LogP contribution in [0.15, 0.2) is 30.5 Å². The van der Waals surface area contributed by atoms with Crippen LogP contribution in [-0.4, -0.2) is 70.5 Å². The summed E-state index contributed by atoms with van der Waals surface area (Å²) in [5.41, 5.74) is -2.59. The predicted molar refractivity (Wildman–Crippen MR) is 90.2 cm³/mol. The number of H-pyrrole nitrogens is 1. The van der Waals surface area contributed by atoms with Crippen molar-refractivity contribution in [3.63, 3.8) is 0 Å². The molecule has 0 saturated carbocycles. The van der Waals surface area contributed by atoms with E-state index in [1.165, 1.54) is 6.20 Å². The maximum atomic E-state index is 13.0. The fourth-order valence-corrected chi connectivity index (χ4v) is 3.71. The molecule has 136 valence electrons. The van der Waals surface area contributed by atoms with Gasteiger partial charge in [0.1, 0.15) is 6.10 Å². The predicted octanol–water partition coefficient (Wildman–Crippen LogP) is -0.198. The number of hydrogen-bond donors (Lipinski definition) is 6. The van der Waals surface area contributed by atoms with Gasteiger partial charge in [0, 0.05) is 22.7 Å². The van der Waals surface area contributed by atoms with Gasteiger partial charge in [-0.2, -0.15) is 0 Å². The molecular weight excluding hydrogens is 422 g/mol. The summed E-state index contributed by atoms with van der Waals surface area (Å²) in [6, 6.07) is 6.65. The van der Waals surface area contributed by atoms with Crippen LogP contribution in [0, 0.1) is 0 Å². The molecule has 1 aromatic carbocycles. The number of aliphatic hydroxyl groups is 5. The summed E-state index contributed by atoms with van der Waals surface area (Å²) in [6.45, 7) is -1.01. The molecule has 5 atom stereocenters. The largest absolute Gasteiger partial charge is 0.392 e. The van der Waals surface area contributed by atoms with Crippen molar-refractivity contribution >= 4 is 44.2 Å². The highest BCUT2D eigenvalue weighted by Gasteiger charge is 2.73. The van der Waals surface area contributed by atoms with E-state index in [0.29, 0.717) is 10.9 Å². The molecule has 25 heavy (non-hydrogen) atoms. The summed E-state index contributed by atoms with van der Waals surface area (Å²) in [4.78, 5) is 15.8. The van der Waals surface area contributed by atoms with Gasteiger partial charge in [0.2, 0.25) is 16.4 Å². The molecule has 0 unspecified atom stereocenters. The zero-order valence-electron chi connectivity index (χ0n) is 12.6. The van der Waals surface area contributed by atoms with E-state index in [4.69, 9.17) is 16.3 Å². The van der Waals surface area contributed by atoms with Crippen LogP contribution in [0.3, 0.4) is 0 Å². The van der Waals surface area contributed by atoms with Gasteiger partial charge in [-0.25, -0.2) is 0 Å². The van der Waals surface area contributed by atoms with Crippen LogP contribution in [0.4, 0.5) is 0 Å². The molecule has 0 radical (unpaired) electrons. The number of halogens is 2. The maximum absolute atomic E-state index is 13.0. The van der Waals surface area contributed by atoms with Crippen LogP contribution in [0.2, 0.25) is 0 Å². The highest BCUT2D eigenvalue weighted by molar-refractivity contribution is 9.10. The molecule has 0 spiro atoms. The van der Waals surface area contributed by atoms with Gasteiger partial charge in [-0.1, -0.05) is 29.8 Å². The number of carbonyl (C=O) groups is 1. The summed E-state index contributed by atoms with van der Waals surface area (Å²) >= 11 is 8.78. The van der Waals surface area contributed by atoms with Crippen LogP contribution in [0.1, 0.15) is 10.4 Å². The first kappa shape index (κ1) is 18.7. The van der Waals surface area contributed by atoms with E-state index in [0.717, 1.165) is 0 Å². The third-order valence-electron chi connectivity index (χ3n) is 4.39. The maximum Gasteiger partial charge on any atom is 0.219 e. The van der Waals surface area contributed by atoms with Crippen molar-refractivity contribution in [1.82, 2.24) is 4.98 Å². The Morgan fingerprint density at radius 2 is 1.96 bits per heavy atom. The van der Waals surface area contributed by atoms with Crippen molar-refractivity contribution in [1.29, 1.82) is 0 Å². The van der Waals surface area contributed by atoms with Gasteiger partial charge < -0.3 is 35.3 Å². The lowest BCUT2D eigenvalue weighted by atomic mass is 9.77. The number of Topliss-reactive ketones (excluding diaryl/α,β-unsaturated/α-hetero) is 1. The highest BCUT2D eigenvalue weighted by atomic mass is 79.9. The minimum atomic E-state index is -3.09. The van der Waals surface area contributed by atoms with Crippen molar-refractivity contribution in [2.45, 2.75) is 27.6 Å². The number of ketones is 1. The van der Waals surface area contributed by atoms with Crippen LogP contribution < -0.4 is 0 Å². The Bertz CT molecular complexity index is 827. The second-order valence-electron chi connectivity index (χ2n) is 5.81. The molecule has 8 nitrogen and oxygen atoms in total. The molecule has 0 amide bonds. The normalized spacial score (nSPS) is 38.8. The topological polar surface area (TPSA) is 143 Å². The van der Waals surface area contributed by atoms with E-state index < -0.39 is 40.0 Å². The number of aromatic nitrogens is 1. The lowest BCUT2D eigenvalue weighted by Crippen LogP contribution is -2.78. The van der Waals surface area contributed by atoms with Gasteiger partial charge in [-0.15, -0.1) is 0 Å². The first-order valence-corrected chi connectivity index (χ1v) is 8.35. The van der Waals surface area contributed by atoms with E-state index in [2.05, 4.69) is 20.9 Å². The van der Waals surface area contributed by atoms with Crippen molar-refractivity contribution in [3.05, 3.63) is 36.0 Å². The van der Waals surface area contributed by atoms with E-state index in [1.807, 2.05) is 0 Å². The third kappa shape index (κ3) is 2.39. The average molecular weight is 437 g/mol. The lowest BCUT2D eigenvalue weighted by molar-refractivity contribution is -0.327. The van der Waals surface area contributed by atoms with Crippen molar-refractivity contribution < 1.29 is 35.1 Å². The Hall–Kier alpha value is -1.04. The number of fused-ring (bicyclic) bond motifs is 1. The molecule has 2 aromatic rings. The summed E-state index contributed by atoms with van der Waals surface area (Å²) in [5, 5.41) is 48.5. The number of aromatic amines is 1. The van der Waals surface area contributed by atoms with Crippen LogP contribution >= 0.6 is 27.5 Å². The first-order valence-electron chi connectivity index (χ1n) is 7.18. The number of para-hydroxylation sites is 1. The fraction of sp³-hybridized carbons (Fsp3) is 0.400.